The molecule has 2 heteroatoms. The van der Waals surface area contributed by atoms with Gasteiger partial charge < -0.3 is 5.11 Å². The Labute approximate surface area is 182 Å². The predicted molar refractivity (Wildman–Crippen MR) is 126 cm³/mol. The molecule has 1 N–H and O–H groups in total. The minimum absolute atomic E-state index is 0.259. The van der Waals surface area contributed by atoms with E-state index in [-0.39, 0.29) is 5.75 Å². The number of benzene rings is 4. The highest BCUT2D eigenvalue weighted by molar-refractivity contribution is 5.84. The Hall–Kier alpha value is -4.17. The van der Waals surface area contributed by atoms with Crippen LogP contribution in [-0.4, -0.2) is 5.11 Å². The van der Waals surface area contributed by atoms with Crippen LogP contribution in [0.15, 0.2) is 128 Å². The van der Waals surface area contributed by atoms with E-state index < -0.39 is 0 Å². The van der Waals surface area contributed by atoms with Gasteiger partial charge in [-0.25, -0.2) is 0 Å². The summed E-state index contributed by atoms with van der Waals surface area (Å²) in [6.45, 7) is 0. The van der Waals surface area contributed by atoms with Crippen molar-refractivity contribution in [3.05, 3.63) is 128 Å². The third kappa shape index (κ3) is 3.84. The van der Waals surface area contributed by atoms with Crippen LogP contribution in [0.1, 0.15) is 0 Å². The zero-order valence-corrected chi connectivity index (χ0v) is 17.0. The van der Waals surface area contributed by atoms with Gasteiger partial charge >= 0.3 is 0 Å². The summed E-state index contributed by atoms with van der Waals surface area (Å²) in [5, 5.41) is 9.81. The van der Waals surface area contributed by atoms with Crippen molar-refractivity contribution in [2.75, 3.05) is 0 Å². The van der Waals surface area contributed by atoms with E-state index in [1.165, 1.54) is 11.1 Å². The molecule has 0 aliphatic rings. The first kappa shape index (κ1) is 18.8. The second-order valence-electron chi connectivity index (χ2n) is 7.47. The zero-order chi connectivity index (χ0) is 21.0. The van der Waals surface area contributed by atoms with E-state index in [1.54, 1.807) is 12.1 Å². The lowest BCUT2D eigenvalue weighted by molar-refractivity contribution is -0.583. The topological polar surface area (TPSA) is 24.1 Å². The molecule has 2 nitrogen and oxygen atoms in total. The fourth-order valence-electron chi connectivity index (χ4n) is 3.91. The van der Waals surface area contributed by atoms with Gasteiger partial charge in [0.15, 0.2) is 6.20 Å². The van der Waals surface area contributed by atoms with E-state index in [2.05, 4.69) is 89.6 Å². The Morgan fingerprint density at radius 3 is 1.52 bits per heavy atom. The van der Waals surface area contributed by atoms with Gasteiger partial charge in [-0.3, -0.25) is 0 Å². The molecule has 1 aromatic heterocycles. The third-order valence-electron chi connectivity index (χ3n) is 5.46. The van der Waals surface area contributed by atoms with Gasteiger partial charge in [0, 0.05) is 29.3 Å². The van der Waals surface area contributed by atoms with Crippen molar-refractivity contribution in [1.82, 2.24) is 0 Å². The molecule has 0 radical (unpaired) electrons. The molecule has 0 aliphatic carbocycles. The quantitative estimate of drug-likeness (QED) is 0.335. The van der Waals surface area contributed by atoms with Crippen molar-refractivity contribution in [1.29, 1.82) is 0 Å². The number of aromatic hydroxyl groups is 1. The molecule has 0 saturated carbocycles. The standard InChI is InChI=1S/C29H21NO/c31-26-18-16-25(17-19-26)30-21-28(23-12-6-2-7-13-23)27(22-10-4-1-5-11-22)20-29(30)24-14-8-3-9-15-24/h1-21H/p+1. The number of phenols is 1. The summed E-state index contributed by atoms with van der Waals surface area (Å²) >= 11 is 0. The van der Waals surface area contributed by atoms with Gasteiger partial charge in [0.2, 0.25) is 11.4 Å². The molecule has 0 saturated heterocycles. The van der Waals surface area contributed by atoms with Crippen LogP contribution in [0.3, 0.4) is 0 Å². The van der Waals surface area contributed by atoms with Crippen molar-refractivity contribution < 1.29 is 9.67 Å². The van der Waals surface area contributed by atoms with Crippen LogP contribution in [-0.2, 0) is 0 Å². The summed E-state index contributed by atoms with van der Waals surface area (Å²) in [6.07, 6.45) is 2.20. The smallest absolute Gasteiger partial charge is 0.219 e. The highest BCUT2D eigenvalue weighted by atomic mass is 16.3. The van der Waals surface area contributed by atoms with Gasteiger partial charge in [0.05, 0.1) is 5.56 Å². The van der Waals surface area contributed by atoms with Crippen LogP contribution in [0.25, 0.3) is 39.2 Å². The summed E-state index contributed by atoms with van der Waals surface area (Å²) in [5.74, 6) is 0.259. The van der Waals surface area contributed by atoms with Gasteiger partial charge in [0.1, 0.15) is 5.75 Å². The highest BCUT2D eigenvalue weighted by Gasteiger charge is 2.22. The van der Waals surface area contributed by atoms with Gasteiger partial charge in [-0.15, -0.1) is 0 Å². The molecule has 148 valence electrons. The zero-order valence-electron chi connectivity index (χ0n) is 17.0. The van der Waals surface area contributed by atoms with E-state index in [0.717, 1.165) is 28.1 Å². The molecular weight excluding hydrogens is 378 g/mol. The fourth-order valence-corrected chi connectivity index (χ4v) is 3.91. The largest absolute Gasteiger partial charge is 0.508 e. The van der Waals surface area contributed by atoms with Crippen molar-refractivity contribution in [3.63, 3.8) is 0 Å². The average Bonchev–Trinajstić information content (AvgIpc) is 2.85. The maximum absolute atomic E-state index is 9.81. The van der Waals surface area contributed by atoms with E-state index in [4.69, 9.17) is 0 Å². The molecule has 0 bridgehead atoms. The SMILES string of the molecule is Oc1ccc(-[n+]2cc(-c3ccccc3)c(-c3ccccc3)cc2-c2ccccc2)cc1. The van der Waals surface area contributed by atoms with Gasteiger partial charge in [-0.1, -0.05) is 78.9 Å². The number of pyridine rings is 1. The minimum atomic E-state index is 0.259. The van der Waals surface area contributed by atoms with Crippen LogP contribution < -0.4 is 4.57 Å². The summed E-state index contributed by atoms with van der Waals surface area (Å²) < 4.78 is 2.20. The highest BCUT2D eigenvalue weighted by Crippen LogP contribution is 2.34. The Kier molecular flexibility index (Phi) is 5.04. The molecule has 0 unspecified atom stereocenters. The molecular formula is C29H22NO+. The van der Waals surface area contributed by atoms with Crippen molar-refractivity contribution in [3.8, 4) is 44.9 Å². The minimum Gasteiger partial charge on any atom is -0.508 e. The van der Waals surface area contributed by atoms with E-state index in [0.29, 0.717) is 0 Å². The summed E-state index contributed by atoms with van der Waals surface area (Å²) in [6, 6.07) is 41.0. The van der Waals surface area contributed by atoms with E-state index in [9.17, 15) is 5.11 Å². The molecule has 0 spiro atoms. The normalized spacial score (nSPS) is 10.7. The van der Waals surface area contributed by atoms with Crippen LogP contribution in [0, 0.1) is 0 Å². The van der Waals surface area contributed by atoms with Crippen molar-refractivity contribution in [2.45, 2.75) is 0 Å². The van der Waals surface area contributed by atoms with Crippen molar-refractivity contribution in [2.24, 2.45) is 0 Å². The molecule has 0 amide bonds. The second kappa shape index (κ2) is 8.29. The number of hydrogen-bond acceptors (Lipinski definition) is 1. The molecule has 31 heavy (non-hydrogen) atoms. The first-order valence-electron chi connectivity index (χ1n) is 10.3. The van der Waals surface area contributed by atoms with Gasteiger partial charge in [-0.2, -0.15) is 4.57 Å². The first-order chi connectivity index (χ1) is 15.3. The van der Waals surface area contributed by atoms with Gasteiger partial charge in [0.25, 0.3) is 0 Å². The maximum atomic E-state index is 9.81. The van der Waals surface area contributed by atoms with Crippen molar-refractivity contribution >= 4 is 0 Å². The molecule has 4 aromatic carbocycles. The molecule has 0 aliphatic heterocycles. The average molecular weight is 401 g/mol. The second-order valence-corrected chi connectivity index (χ2v) is 7.47. The Morgan fingerprint density at radius 2 is 0.968 bits per heavy atom. The molecule has 1 heterocycles. The van der Waals surface area contributed by atoms with Crippen LogP contribution in [0.2, 0.25) is 0 Å². The summed E-state index contributed by atoms with van der Waals surface area (Å²) in [7, 11) is 0. The Morgan fingerprint density at radius 1 is 0.484 bits per heavy atom. The third-order valence-corrected chi connectivity index (χ3v) is 5.46. The lowest BCUT2D eigenvalue weighted by Gasteiger charge is -2.13. The predicted octanol–water partition coefficient (Wildman–Crippen LogP) is 6.67. The number of aromatic nitrogens is 1. The lowest BCUT2D eigenvalue weighted by Crippen LogP contribution is -2.33. The summed E-state index contributed by atoms with van der Waals surface area (Å²) in [4.78, 5) is 0. The molecule has 0 fully saturated rings. The lowest BCUT2D eigenvalue weighted by atomic mass is 9.94. The number of phenolic OH excluding ortho intramolecular Hbond substituents is 1. The number of hydrogen-bond donors (Lipinski definition) is 1. The van der Waals surface area contributed by atoms with Crippen LogP contribution in [0.5, 0.6) is 5.75 Å². The molecule has 5 rings (SSSR count). The number of nitrogens with zero attached hydrogens (tertiary/aromatic N) is 1. The van der Waals surface area contributed by atoms with E-state index in [1.807, 2.05) is 30.3 Å². The monoisotopic (exact) mass is 400 g/mol. The maximum Gasteiger partial charge on any atom is 0.219 e. The van der Waals surface area contributed by atoms with E-state index >= 15 is 0 Å². The van der Waals surface area contributed by atoms with Gasteiger partial charge in [-0.05, 0) is 35.4 Å². The summed E-state index contributed by atoms with van der Waals surface area (Å²) in [5.41, 5.74) is 7.88. The fraction of sp³-hybridized carbons (Fsp3) is 0. The Balaban J connectivity index is 1.84. The van der Waals surface area contributed by atoms with Crippen LogP contribution in [0.4, 0.5) is 0 Å². The Bertz CT molecular complexity index is 1300. The molecule has 5 aromatic rings. The molecule has 0 atom stereocenters. The number of rotatable bonds is 4. The first-order valence-corrected chi connectivity index (χ1v) is 10.3. The van der Waals surface area contributed by atoms with Crippen LogP contribution >= 0.6 is 0 Å².